The third-order valence-electron chi connectivity index (χ3n) is 5.55. The van der Waals surface area contributed by atoms with Gasteiger partial charge in [0.2, 0.25) is 0 Å². The molecule has 2 aromatic carbocycles. The average molecular weight is 457 g/mol. The highest BCUT2D eigenvalue weighted by Gasteiger charge is 2.19. The third-order valence-corrected chi connectivity index (χ3v) is 5.55. The normalized spacial score (nSPS) is 12.0. The van der Waals surface area contributed by atoms with Crippen LogP contribution in [0.4, 0.5) is 5.82 Å². The Morgan fingerprint density at radius 3 is 2.56 bits per heavy atom. The summed E-state index contributed by atoms with van der Waals surface area (Å²) in [5.41, 5.74) is 4.68. The van der Waals surface area contributed by atoms with E-state index in [1.807, 2.05) is 55.5 Å². The van der Waals surface area contributed by atoms with Gasteiger partial charge in [-0.1, -0.05) is 17.7 Å². The summed E-state index contributed by atoms with van der Waals surface area (Å²) in [7, 11) is 3.20. The number of aliphatic hydroxyl groups excluding tert-OH is 1. The Labute approximate surface area is 196 Å². The number of fused-ring (bicyclic) bond motifs is 1. The molecule has 9 nitrogen and oxygen atoms in total. The minimum atomic E-state index is -1.05. The number of methoxy groups -OCH3 is 2. The number of benzene rings is 2. The zero-order chi connectivity index (χ0) is 23.7. The second-order valence-electron chi connectivity index (χ2n) is 7.77. The van der Waals surface area contributed by atoms with E-state index in [9.17, 15) is 5.11 Å². The molecule has 1 unspecified atom stereocenters. The van der Waals surface area contributed by atoms with Gasteiger partial charge in [0.15, 0.2) is 23.4 Å². The Balaban J connectivity index is 1.56. The molecular formula is C25H24N6O3. The molecule has 0 saturated heterocycles. The van der Waals surface area contributed by atoms with Crippen molar-refractivity contribution < 1.29 is 14.6 Å². The molecule has 2 N–H and O–H groups in total. The van der Waals surface area contributed by atoms with E-state index in [0.717, 1.165) is 16.8 Å². The van der Waals surface area contributed by atoms with Crippen molar-refractivity contribution in [2.45, 2.75) is 13.2 Å². The molecule has 3 heterocycles. The molecule has 3 aromatic heterocycles. The number of aromatic nitrogens is 5. The first-order chi connectivity index (χ1) is 16.6. The third kappa shape index (κ3) is 3.93. The quantitative estimate of drug-likeness (QED) is 0.357. The van der Waals surface area contributed by atoms with Crippen molar-refractivity contribution in [1.82, 2.24) is 24.4 Å². The van der Waals surface area contributed by atoms with Crippen LogP contribution in [0.3, 0.4) is 0 Å². The number of hydrogen-bond acceptors (Lipinski definition) is 7. The summed E-state index contributed by atoms with van der Waals surface area (Å²) in [5, 5.41) is 23.3. The van der Waals surface area contributed by atoms with Crippen LogP contribution in [0.25, 0.3) is 22.6 Å². The van der Waals surface area contributed by atoms with Gasteiger partial charge in [-0.3, -0.25) is 0 Å². The van der Waals surface area contributed by atoms with Gasteiger partial charge in [-0.25, -0.2) is 14.2 Å². The highest BCUT2D eigenvalue weighted by molar-refractivity contribution is 5.68. The first kappa shape index (κ1) is 21.5. The summed E-state index contributed by atoms with van der Waals surface area (Å²) in [5.74, 6) is 1.85. The number of hydrogen-bond donors (Lipinski definition) is 2. The fourth-order valence-electron chi connectivity index (χ4n) is 3.76. The zero-order valence-corrected chi connectivity index (χ0v) is 19.0. The Morgan fingerprint density at radius 2 is 1.79 bits per heavy atom. The van der Waals surface area contributed by atoms with Crippen molar-refractivity contribution in [2.24, 2.45) is 0 Å². The number of anilines is 1. The van der Waals surface area contributed by atoms with Gasteiger partial charge in [0, 0.05) is 24.0 Å². The smallest absolute Gasteiger partial charge is 0.162 e. The Morgan fingerprint density at radius 1 is 1.00 bits per heavy atom. The van der Waals surface area contributed by atoms with E-state index in [-0.39, 0.29) is 0 Å². The minimum absolute atomic E-state index is 0.560. The van der Waals surface area contributed by atoms with Crippen LogP contribution in [-0.4, -0.2) is 43.7 Å². The fraction of sp³-hybridized carbons (Fsp3) is 0.160. The second-order valence-corrected chi connectivity index (χ2v) is 7.77. The number of nitrogens with zero attached hydrogens (tertiary/aromatic N) is 5. The number of aliphatic hydroxyl groups is 1. The Hall–Kier alpha value is -4.37. The molecule has 0 aliphatic heterocycles. The van der Waals surface area contributed by atoms with E-state index in [4.69, 9.17) is 14.6 Å². The predicted molar refractivity (Wildman–Crippen MR) is 128 cm³/mol. The van der Waals surface area contributed by atoms with Crippen molar-refractivity contribution in [3.63, 3.8) is 0 Å². The first-order valence-electron chi connectivity index (χ1n) is 10.7. The van der Waals surface area contributed by atoms with Crippen molar-refractivity contribution >= 4 is 11.5 Å². The van der Waals surface area contributed by atoms with Gasteiger partial charge >= 0.3 is 0 Å². The number of aryl methyl sites for hydroxylation is 1. The van der Waals surface area contributed by atoms with Gasteiger partial charge in [-0.15, -0.1) is 0 Å². The zero-order valence-electron chi connectivity index (χ0n) is 19.0. The molecule has 9 heteroatoms. The van der Waals surface area contributed by atoms with E-state index in [1.165, 1.54) is 0 Å². The van der Waals surface area contributed by atoms with Crippen LogP contribution < -0.4 is 14.8 Å². The predicted octanol–water partition coefficient (Wildman–Crippen LogP) is 4.01. The van der Waals surface area contributed by atoms with Gasteiger partial charge in [-0.2, -0.15) is 10.2 Å². The maximum Gasteiger partial charge on any atom is 0.162 e. The molecule has 172 valence electrons. The van der Waals surface area contributed by atoms with Crippen LogP contribution in [-0.2, 0) is 0 Å². The summed E-state index contributed by atoms with van der Waals surface area (Å²) in [4.78, 5) is 4.33. The summed E-state index contributed by atoms with van der Waals surface area (Å²) in [6, 6.07) is 17.3. The van der Waals surface area contributed by atoms with Gasteiger partial charge in [0.05, 0.1) is 37.4 Å². The van der Waals surface area contributed by atoms with Gasteiger partial charge in [-0.05, 0) is 43.3 Å². The average Bonchev–Trinajstić information content (AvgIpc) is 3.49. The lowest BCUT2D eigenvalue weighted by molar-refractivity contribution is 0.208. The van der Waals surface area contributed by atoms with Crippen molar-refractivity contribution in [3.8, 4) is 28.4 Å². The van der Waals surface area contributed by atoms with E-state index in [1.54, 1.807) is 48.1 Å². The lowest BCUT2D eigenvalue weighted by atomic mass is 10.1. The molecule has 0 bridgehead atoms. The van der Waals surface area contributed by atoms with E-state index >= 15 is 0 Å². The van der Waals surface area contributed by atoms with E-state index in [2.05, 4.69) is 15.4 Å². The number of rotatable bonds is 7. The van der Waals surface area contributed by atoms with Crippen LogP contribution in [0.5, 0.6) is 11.5 Å². The first-order valence-corrected chi connectivity index (χ1v) is 10.7. The van der Waals surface area contributed by atoms with Gasteiger partial charge in [0.25, 0.3) is 0 Å². The van der Waals surface area contributed by atoms with E-state index < -0.39 is 6.23 Å². The molecule has 5 rings (SSSR count). The van der Waals surface area contributed by atoms with Gasteiger partial charge in [0.1, 0.15) is 5.82 Å². The summed E-state index contributed by atoms with van der Waals surface area (Å²) in [6.45, 7) is 2.03. The molecule has 0 fully saturated rings. The van der Waals surface area contributed by atoms with Crippen LogP contribution in [0.1, 0.15) is 17.4 Å². The van der Waals surface area contributed by atoms with Crippen LogP contribution >= 0.6 is 0 Å². The summed E-state index contributed by atoms with van der Waals surface area (Å²) >= 11 is 0. The molecule has 0 aliphatic carbocycles. The van der Waals surface area contributed by atoms with Crippen LogP contribution in [0.2, 0.25) is 0 Å². The molecule has 0 aliphatic rings. The minimum Gasteiger partial charge on any atom is -0.493 e. The largest absolute Gasteiger partial charge is 0.493 e. The standard InChI is InChI=1S/C25H24N6O3/c1-16-5-8-18(9-6-16)31-23(28-25(32)19-15-27-30-12-4-11-26-24(19)30)14-20(29-31)17-7-10-21(33-2)22(13-17)34-3/h4-15,25,28,32H,1-3H3. The maximum absolute atomic E-state index is 11.0. The molecule has 5 aromatic rings. The monoisotopic (exact) mass is 456 g/mol. The van der Waals surface area contributed by atoms with Crippen LogP contribution in [0.15, 0.2) is 73.2 Å². The lowest BCUT2D eigenvalue weighted by Crippen LogP contribution is -2.13. The maximum atomic E-state index is 11.0. The summed E-state index contributed by atoms with van der Waals surface area (Å²) in [6.07, 6.45) is 4.00. The second kappa shape index (κ2) is 8.87. The van der Waals surface area contributed by atoms with Crippen molar-refractivity contribution in [2.75, 3.05) is 19.5 Å². The number of ether oxygens (including phenoxy) is 2. The fourth-order valence-corrected chi connectivity index (χ4v) is 3.76. The highest BCUT2D eigenvalue weighted by Crippen LogP contribution is 2.34. The molecule has 0 amide bonds. The Kier molecular flexibility index (Phi) is 5.60. The topological polar surface area (TPSA) is 98.7 Å². The molecule has 34 heavy (non-hydrogen) atoms. The van der Waals surface area contributed by atoms with Crippen LogP contribution in [0, 0.1) is 6.92 Å². The molecular weight excluding hydrogens is 432 g/mol. The number of nitrogens with one attached hydrogen (secondary N) is 1. The highest BCUT2D eigenvalue weighted by atomic mass is 16.5. The molecule has 1 atom stereocenters. The van der Waals surface area contributed by atoms with Gasteiger partial charge < -0.3 is 19.9 Å². The Bertz CT molecular complexity index is 1440. The summed E-state index contributed by atoms with van der Waals surface area (Å²) < 4.78 is 14.2. The lowest BCUT2D eigenvalue weighted by Gasteiger charge is -2.14. The molecule has 0 spiro atoms. The molecule has 0 radical (unpaired) electrons. The van der Waals surface area contributed by atoms with E-state index in [0.29, 0.717) is 34.2 Å². The SMILES string of the molecule is COc1ccc(-c2cc(NC(O)c3cnn4cccnc34)n(-c3ccc(C)cc3)n2)cc1OC. The van der Waals surface area contributed by atoms with Crippen molar-refractivity contribution in [1.29, 1.82) is 0 Å². The molecule has 0 saturated carbocycles. The van der Waals surface area contributed by atoms with Crippen molar-refractivity contribution in [3.05, 3.63) is 84.3 Å².